The number of halogens is 1. The molecule has 1 saturated carbocycles. The summed E-state index contributed by atoms with van der Waals surface area (Å²) >= 11 is 6.17. The molecule has 3 heterocycles. The molecular formula is C23H23ClN4O3. The average molecular weight is 439 g/mol. The maximum Gasteiger partial charge on any atom is 0.261 e. The van der Waals surface area contributed by atoms with E-state index in [2.05, 4.69) is 15.0 Å². The van der Waals surface area contributed by atoms with E-state index < -0.39 is 0 Å². The molecule has 7 nitrogen and oxygen atoms in total. The second kappa shape index (κ2) is 7.96. The van der Waals surface area contributed by atoms with Crippen LogP contribution in [0.2, 0.25) is 5.02 Å². The van der Waals surface area contributed by atoms with Crippen LogP contribution in [0.25, 0.3) is 22.4 Å². The topological polar surface area (TPSA) is 98.9 Å². The van der Waals surface area contributed by atoms with Crippen LogP contribution in [-0.4, -0.2) is 38.2 Å². The van der Waals surface area contributed by atoms with Crippen molar-refractivity contribution in [1.82, 2.24) is 19.9 Å². The Bertz CT molecular complexity index is 1190. The van der Waals surface area contributed by atoms with Gasteiger partial charge in [-0.3, -0.25) is 19.3 Å². The van der Waals surface area contributed by atoms with Crippen LogP contribution < -0.4 is 5.56 Å². The number of nitrogens with zero attached hydrogens (tertiary/aromatic N) is 2. The summed E-state index contributed by atoms with van der Waals surface area (Å²) in [5, 5.41) is 0.270. The monoisotopic (exact) mass is 438 g/mol. The van der Waals surface area contributed by atoms with Crippen molar-refractivity contribution < 1.29 is 9.59 Å². The molecule has 0 saturated heterocycles. The van der Waals surface area contributed by atoms with Crippen molar-refractivity contribution in [3.8, 4) is 11.4 Å². The number of pyridine rings is 1. The first-order valence-electron chi connectivity index (χ1n) is 10.8. The normalized spacial score (nSPS) is 17.0. The van der Waals surface area contributed by atoms with Crippen molar-refractivity contribution in [3.63, 3.8) is 0 Å². The van der Waals surface area contributed by atoms with Crippen LogP contribution in [-0.2, 0) is 0 Å². The SMILES string of the molecule is O=C1c2cc3nc(-c4c(Cl)cc[nH]c4=O)[nH]c3cc2C(=O)N1CCCC1CCCCC1. The van der Waals surface area contributed by atoms with Gasteiger partial charge in [0, 0.05) is 12.7 Å². The molecule has 2 aromatic heterocycles. The number of H-pyrrole nitrogens is 2. The average Bonchev–Trinajstić information content (AvgIpc) is 3.27. The van der Waals surface area contributed by atoms with Crippen LogP contribution in [0.4, 0.5) is 0 Å². The summed E-state index contributed by atoms with van der Waals surface area (Å²) in [5.74, 6) is 0.482. The Morgan fingerprint density at radius 1 is 1.06 bits per heavy atom. The maximum atomic E-state index is 12.9. The predicted octanol–water partition coefficient (Wildman–Crippen LogP) is 4.53. The first-order valence-corrected chi connectivity index (χ1v) is 11.2. The first-order chi connectivity index (χ1) is 15.0. The number of imide groups is 1. The molecule has 3 aromatic rings. The summed E-state index contributed by atoms with van der Waals surface area (Å²) in [6, 6.07) is 4.84. The van der Waals surface area contributed by atoms with Gasteiger partial charge in [0.25, 0.3) is 17.4 Å². The molecule has 1 aromatic carbocycles. The molecule has 0 spiro atoms. The number of benzene rings is 1. The second-order valence-electron chi connectivity index (χ2n) is 8.44. The zero-order valence-electron chi connectivity index (χ0n) is 17.0. The molecule has 5 rings (SSSR count). The Labute approximate surface area is 183 Å². The van der Waals surface area contributed by atoms with Crippen LogP contribution in [0.5, 0.6) is 0 Å². The van der Waals surface area contributed by atoms with Gasteiger partial charge < -0.3 is 9.97 Å². The Kier molecular flexibility index (Phi) is 5.14. The van der Waals surface area contributed by atoms with Crippen molar-refractivity contribution in [2.75, 3.05) is 6.54 Å². The lowest BCUT2D eigenvalue weighted by molar-refractivity contribution is 0.0648. The fraction of sp³-hybridized carbons (Fsp3) is 0.391. The molecular weight excluding hydrogens is 416 g/mol. The minimum absolute atomic E-state index is 0.225. The van der Waals surface area contributed by atoms with E-state index in [1.165, 1.54) is 43.2 Å². The van der Waals surface area contributed by atoms with E-state index in [4.69, 9.17) is 11.6 Å². The Morgan fingerprint density at radius 3 is 2.55 bits per heavy atom. The van der Waals surface area contributed by atoms with Crippen molar-refractivity contribution in [2.24, 2.45) is 5.92 Å². The predicted molar refractivity (Wildman–Crippen MR) is 118 cm³/mol. The molecule has 2 N–H and O–H groups in total. The molecule has 1 aliphatic heterocycles. The molecule has 0 unspecified atom stereocenters. The van der Waals surface area contributed by atoms with Gasteiger partial charge in [-0.1, -0.05) is 43.7 Å². The zero-order valence-corrected chi connectivity index (χ0v) is 17.8. The van der Waals surface area contributed by atoms with Crippen molar-refractivity contribution >= 4 is 34.4 Å². The number of carbonyl (C=O) groups is 2. The number of amides is 2. The van der Waals surface area contributed by atoms with Crippen LogP contribution >= 0.6 is 11.6 Å². The smallest absolute Gasteiger partial charge is 0.261 e. The number of aromatic amines is 2. The third kappa shape index (κ3) is 3.57. The van der Waals surface area contributed by atoms with E-state index in [0.717, 1.165) is 18.8 Å². The van der Waals surface area contributed by atoms with Crippen LogP contribution in [0.15, 0.2) is 29.2 Å². The lowest BCUT2D eigenvalue weighted by atomic mass is 9.86. The Hall–Kier alpha value is -2.93. The lowest BCUT2D eigenvalue weighted by Gasteiger charge is -2.22. The van der Waals surface area contributed by atoms with Gasteiger partial charge in [-0.15, -0.1) is 0 Å². The number of imidazole rings is 1. The van der Waals surface area contributed by atoms with E-state index in [0.29, 0.717) is 34.5 Å². The highest BCUT2D eigenvalue weighted by molar-refractivity contribution is 6.33. The number of hydrogen-bond donors (Lipinski definition) is 2. The van der Waals surface area contributed by atoms with Gasteiger partial charge in [-0.25, -0.2) is 4.98 Å². The molecule has 31 heavy (non-hydrogen) atoms. The van der Waals surface area contributed by atoms with Crippen LogP contribution in [0.1, 0.15) is 65.7 Å². The van der Waals surface area contributed by atoms with Gasteiger partial charge in [-0.05, 0) is 37.0 Å². The number of carbonyl (C=O) groups excluding carboxylic acids is 2. The van der Waals surface area contributed by atoms with Gasteiger partial charge in [0.05, 0.1) is 27.2 Å². The summed E-state index contributed by atoms with van der Waals surface area (Å²) in [6.07, 6.45) is 9.78. The first kappa shape index (κ1) is 20.0. The second-order valence-corrected chi connectivity index (χ2v) is 8.85. The molecule has 0 radical (unpaired) electrons. The summed E-state index contributed by atoms with van der Waals surface area (Å²) in [4.78, 5) is 49.4. The highest BCUT2D eigenvalue weighted by atomic mass is 35.5. The third-order valence-electron chi connectivity index (χ3n) is 6.44. The van der Waals surface area contributed by atoms with Gasteiger partial charge in [0.1, 0.15) is 11.4 Å². The lowest BCUT2D eigenvalue weighted by Crippen LogP contribution is -2.31. The standard InChI is InChI=1S/C23H23ClN4O3/c24-16-8-9-25-21(29)19(16)20-26-17-11-14-15(12-18(17)27-20)23(31)28(22(14)30)10-4-7-13-5-2-1-3-6-13/h8-9,11-13H,1-7,10H2,(H,25,29)(H,26,27). The number of fused-ring (bicyclic) bond motifs is 2. The van der Waals surface area contributed by atoms with Gasteiger partial charge >= 0.3 is 0 Å². The largest absolute Gasteiger partial charge is 0.338 e. The molecule has 160 valence electrons. The van der Waals surface area contributed by atoms with E-state index in [9.17, 15) is 14.4 Å². The summed E-state index contributed by atoms with van der Waals surface area (Å²) in [7, 11) is 0. The van der Waals surface area contributed by atoms with Gasteiger partial charge in [0.15, 0.2) is 0 Å². The molecule has 2 amide bonds. The molecule has 2 aliphatic rings. The number of rotatable bonds is 5. The molecule has 0 atom stereocenters. The highest BCUT2D eigenvalue weighted by Crippen LogP contribution is 2.31. The molecule has 1 fully saturated rings. The quantitative estimate of drug-likeness (QED) is 0.571. The zero-order chi connectivity index (χ0) is 21.5. The van der Waals surface area contributed by atoms with Crippen molar-refractivity contribution in [2.45, 2.75) is 44.9 Å². The fourth-order valence-corrected chi connectivity index (χ4v) is 5.04. The van der Waals surface area contributed by atoms with E-state index in [-0.39, 0.29) is 28.0 Å². The number of nitrogens with one attached hydrogen (secondary N) is 2. The minimum atomic E-state index is -0.365. The van der Waals surface area contributed by atoms with Crippen molar-refractivity contribution in [1.29, 1.82) is 0 Å². The number of hydrogen-bond acceptors (Lipinski definition) is 4. The fourth-order valence-electron chi connectivity index (χ4n) is 4.80. The molecule has 8 heteroatoms. The van der Waals surface area contributed by atoms with E-state index >= 15 is 0 Å². The summed E-state index contributed by atoms with van der Waals surface area (Å²) < 4.78 is 0. The van der Waals surface area contributed by atoms with Crippen molar-refractivity contribution in [3.05, 3.63) is 50.9 Å². The summed E-state index contributed by atoms with van der Waals surface area (Å²) in [5.41, 5.74) is 1.69. The van der Waals surface area contributed by atoms with E-state index in [1.54, 1.807) is 18.2 Å². The number of aromatic nitrogens is 3. The van der Waals surface area contributed by atoms with E-state index in [1.807, 2.05) is 0 Å². The summed E-state index contributed by atoms with van der Waals surface area (Å²) in [6.45, 7) is 0.449. The van der Waals surface area contributed by atoms with Gasteiger partial charge in [-0.2, -0.15) is 0 Å². The Morgan fingerprint density at radius 2 is 1.81 bits per heavy atom. The third-order valence-corrected chi connectivity index (χ3v) is 6.75. The van der Waals surface area contributed by atoms with Gasteiger partial charge in [0.2, 0.25) is 0 Å². The highest BCUT2D eigenvalue weighted by Gasteiger charge is 2.36. The maximum absolute atomic E-state index is 12.9. The van der Waals surface area contributed by atoms with Crippen LogP contribution in [0, 0.1) is 5.92 Å². The minimum Gasteiger partial charge on any atom is -0.338 e. The molecule has 1 aliphatic carbocycles. The van der Waals surface area contributed by atoms with Crippen LogP contribution in [0.3, 0.4) is 0 Å². The molecule has 0 bridgehead atoms. The Balaban J connectivity index is 1.38.